The van der Waals surface area contributed by atoms with E-state index in [-0.39, 0.29) is 25.0 Å². The van der Waals surface area contributed by atoms with Gasteiger partial charge >= 0.3 is 12.0 Å². The van der Waals surface area contributed by atoms with Gasteiger partial charge in [0.2, 0.25) is 0 Å². The summed E-state index contributed by atoms with van der Waals surface area (Å²) in [6, 6.07) is -0.978. The Labute approximate surface area is 125 Å². The average Bonchev–Trinajstić information content (AvgIpc) is 2.88. The van der Waals surface area contributed by atoms with Crippen molar-refractivity contribution >= 4 is 12.0 Å². The molecule has 1 aliphatic carbocycles. The van der Waals surface area contributed by atoms with Gasteiger partial charge in [0.05, 0.1) is 6.10 Å². The van der Waals surface area contributed by atoms with E-state index in [2.05, 4.69) is 6.92 Å². The minimum Gasteiger partial charge on any atom is -0.480 e. The van der Waals surface area contributed by atoms with Crippen LogP contribution in [-0.4, -0.2) is 63.8 Å². The summed E-state index contributed by atoms with van der Waals surface area (Å²) in [4.78, 5) is 26.7. The maximum Gasteiger partial charge on any atom is 0.326 e. The fourth-order valence-corrected chi connectivity index (χ4v) is 3.56. The number of aliphatic hydroxyl groups is 1. The van der Waals surface area contributed by atoms with E-state index in [9.17, 15) is 19.8 Å². The monoisotopic (exact) mass is 298 g/mol. The van der Waals surface area contributed by atoms with Gasteiger partial charge in [-0.3, -0.25) is 0 Å². The van der Waals surface area contributed by atoms with Crippen LogP contribution in [0.4, 0.5) is 4.79 Å². The molecule has 2 atom stereocenters. The summed E-state index contributed by atoms with van der Waals surface area (Å²) in [5.74, 6) is -0.284. The van der Waals surface area contributed by atoms with E-state index in [1.165, 1.54) is 11.3 Å². The molecule has 0 spiro atoms. The van der Waals surface area contributed by atoms with Gasteiger partial charge < -0.3 is 20.0 Å². The number of carboxylic acid groups (broad SMARTS) is 1. The maximum atomic E-state index is 12.5. The lowest BCUT2D eigenvalue weighted by molar-refractivity contribution is -0.141. The number of carboxylic acids is 1. The van der Waals surface area contributed by atoms with Crippen LogP contribution in [0.15, 0.2) is 0 Å². The Morgan fingerprint density at radius 1 is 1.24 bits per heavy atom. The first-order valence-corrected chi connectivity index (χ1v) is 7.88. The number of hydrogen-bond donors (Lipinski definition) is 2. The lowest BCUT2D eigenvalue weighted by atomic mass is 9.84. The van der Waals surface area contributed by atoms with Crippen LogP contribution in [0.25, 0.3) is 0 Å². The van der Waals surface area contributed by atoms with E-state index in [0.717, 1.165) is 31.6 Å². The standard InChI is InChI=1S/C15H26N2O4/c1-3-10-4-6-11(7-5-10)16(2)15(21)17-9-12(18)8-13(17)14(19)20/h10-13,18H,3-9H2,1-2H3,(H,19,20). The molecular formula is C15H26N2O4. The summed E-state index contributed by atoms with van der Waals surface area (Å²) in [6.07, 6.45) is 4.79. The quantitative estimate of drug-likeness (QED) is 0.828. The molecule has 2 aliphatic rings. The number of rotatable bonds is 3. The number of urea groups is 1. The molecule has 0 aromatic carbocycles. The van der Waals surface area contributed by atoms with Crippen LogP contribution in [0, 0.1) is 5.92 Å². The van der Waals surface area contributed by atoms with Crippen molar-refractivity contribution in [3.8, 4) is 0 Å². The number of amides is 2. The molecule has 2 N–H and O–H groups in total. The number of aliphatic carboxylic acids is 1. The minimum absolute atomic E-state index is 0.116. The first-order valence-electron chi connectivity index (χ1n) is 7.88. The predicted molar refractivity (Wildman–Crippen MR) is 77.9 cm³/mol. The zero-order chi connectivity index (χ0) is 15.6. The Kier molecular flexibility index (Phi) is 5.08. The van der Waals surface area contributed by atoms with Crippen molar-refractivity contribution in [3.05, 3.63) is 0 Å². The topological polar surface area (TPSA) is 81.1 Å². The highest BCUT2D eigenvalue weighted by atomic mass is 16.4. The SMILES string of the molecule is CCC1CCC(N(C)C(=O)N2CC(O)CC2C(=O)O)CC1. The molecule has 6 nitrogen and oxygen atoms in total. The summed E-state index contributed by atoms with van der Waals surface area (Å²) in [6.45, 7) is 2.31. The van der Waals surface area contributed by atoms with Crippen molar-refractivity contribution in [3.63, 3.8) is 0 Å². The fraction of sp³-hybridized carbons (Fsp3) is 0.867. The molecule has 2 fully saturated rings. The molecule has 0 radical (unpaired) electrons. The van der Waals surface area contributed by atoms with Crippen LogP contribution in [0.1, 0.15) is 45.4 Å². The first-order chi connectivity index (χ1) is 9.93. The normalized spacial score (nSPS) is 33.0. The molecule has 1 saturated heterocycles. The van der Waals surface area contributed by atoms with Gasteiger partial charge in [0, 0.05) is 26.1 Å². The number of nitrogens with zero attached hydrogens (tertiary/aromatic N) is 2. The molecule has 1 heterocycles. The Morgan fingerprint density at radius 2 is 1.86 bits per heavy atom. The van der Waals surface area contributed by atoms with Crippen LogP contribution in [0.2, 0.25) is 0 Å². The molecule has 2 rings (SSSR count). The van der Waals surface area contributed by atoms with E-state index in [1.54, 1.807) is 11.9 Å². The number of hydrogen-bond acceptors (Lipinski definition) is 3. The van der Waals surface area contributed by atoms with Gasteiger partial charge in [-0.25, -0.2) is 9.59 Å². The Hall–Kier alpha value is -1.30. The second-order valence-electron chi connectivity index (χ2n) is 6.37. The van der Waals surface area contributed by atoms with E-state index in [4.69, 9.17) is 0 Å². The van der Waals surface area contributed by atoms with Gasteiger partial charge in [-0.1, -0.05) is 13.3 Å². The highest BCUT2D eigenvalue weighted by Crippen LogP contribution is 2.30. The van der Waals surface area contributed by atoms with Crippen molar-refractivity contribution in [1.29, 1.82) is 0 Å². The second-order valence-corrected chi connectivity index (χ2v) is 6.37. The van der Waals surface area contributed by atoms with E-state index >= 15 is 0 Å². The third-order valence-electron chi connectivity index (χ3n) is 5.05. The van der Waals surface area contributed by atoms with Crippen molar-refractivity contribution in [2.75, 3.05) is 13.6 Å². The van der Waals surface area contributed by atoms with E-state index < -0.39 is 18.1 Å². The van der Waals surface area contributed by atoms with Gasteiger partial charge in [0.1, 0.15) is 6.04 Å². The molecule has 0 bridgehead atoms. The van der Waals surface area contributed by atoms with Crippen molar-refractivity contribution in [2.45, 2.75) is 63.6 Å². The smallest absolute Gasteiger partial charge is 0.326 e. The van der Waals surface area contributed by atoms with Crippen molar-refractivity contribution in [1.82, 2.24) is 9.80 Å². The lowest BCUT2D eigenvalue weighted by Crippen LogP contribution is -2.50. The van der Waals surface area contributed by atoms with Gasteiger partial charge in [-0.05, 0) is 31.6 Å². The number of carbonyl (C=O) groups is 2. The molecule has 2 amide bonds. The Morgan fingerprint density at radius 3 is 2.38 bits per heavy atom. The summed E-state index contributed by atoms with van der Waals surface area (Å²) < 4.78 is 0. The number of likely N-dealkylation sites (tertiary alicyclic amines) is 1. The number of β-amino-alcohol motifs (C(OH)–C–C–N with tert-alkyl or cyclic N) is 1. The summed E-state index contributed by atoms with van der Waals surface area (Å²) in [5, 5.41) is 18.8. The van der Waals surface area contributed by atoms with Crippen LogP contribution in [0.5, 0.6) is 0 Å². The molecule has 0 aromatic rings. The van der Waals surface area contributed by atoms with Gasteiger partial charge in [-0.15, -0.1) is 0 Å². The van der Waals surface area contributed by atoms with Gasteiger partial charge in [0.25, 0.3) is 0 Å². The molecule has 21 heavy (non-hydrogen) atoms. The Bertz CT molecular complexity index is 393. The van der Waals surface area contributed by atoms with E-state index in [1.807, 2.05) is 0 Å². The summed E-state index contributed by atoms with van der Waals surface area (Å²) in [5.41, 5.74) is 0. The zero-order valence-corrected chi connectivity index (χ0v) is 12.9. The average molecular weight is 298 g/mol. The number of aliphatic hydroxyl groups excluding tert-OH is 1. The van der Waals surface area contributed by atoms with Crippen molar-refractivity contribution < 1.29 is 19.8 Å². The predicted octanol–water partition coefficient (Wildman–Crippen LogP) is 1.53. The molecule has 0 aromatic heterocycles. The largest absolute Gasteiger partial charge is 0.480 e. The first kappa shape index (κ1) is 16.1. The Balaban J connectivity index is 1.97. The third kappa shape index (κ3) is 3.48. The highest BCUT2D eigenvalue weighted by molar-refractivity contribution is 5.83. The second kappa shape index (κ2) is 6.64. The minimum atomic E-state index is -1.04. The number of carbonyl (C=O) groups excluding carboxylic acids is 1. The van der Waals surface area contributed by atoms with Crippen LogP contribution >= 0.6 is 0 Å². The molecule has 2 unspecified atom stereocenters. The molecule has 1 aliphatic heterocycles. The van der Waals surface area contributed by atoms with Gasteiger partial charge in [0.15, 0.2) is 0 Å². The summed E-state index contributed by atoms with van der Waals surface area (Å²) in [7, 11) is 1.75. The van der Waals surface area contributed by atoms with Crippen LogP contribution in [-0.2, 0) is 4.79 Å². The van der Waals surface area contributed by atoms with Crippen LogP contribution in [0.3, 0.4) is 0 Å². The highest BCUT2D eigenvalue weighted by Gasteiger charge is 2.41. The lowest BCUT2D eigenvalue weighted by Gasteiger charge is -2.37. The molecular weight excluding hydrogens is 272 g/mol. The van der Waals surface area contributed by atoms with E-state index in [0.29, 0.717) is 0 Å². The third-order valence-corrected chi connectivity index (χ3v) is 5.05. The van der Waals surface area contributed by atoms with Crippen LogP contribution < -0.4 is 0 Å². The fourth-order valence-electron chi connectivity index (χ4n) is 3.56. The zero-order valence-electron chi connectivity index (χ0n) is 12.9. The molecule has 120 valence electrons. The molecule has 6 heteroatoms. The maximum absolute atomic E-state index is 12.5. The van der Waals surface area contributed by atoms with Gasteiger partial charge in [-0.2, -0.15) is 0 Å². The summed E-state index contributed by atoms with van der Waals surface area (Å²) >= 11 is 0. The van der Waals surface area contributed by atoms with Crippen molar-refractivity contribution in [2.24, 2.45) is 5.92 Å². The molecule has 1 saturated carbocycles.